The van der Waals surface area contributed by atoms with Crippen LogP contribution in [0.1, 0.15) is 31.8 Å². The predicted molar refractivity (Wildman–Crippen MR) is 170 cm³/mol. The number of ether oxygens (including phenoxy) is 3. The first-order valence-corrected chi connectivity index (χ1v) is 13.8. The highest BCUT2D eigenvalue weighted by molar-refractivity contribution is 6.34. The molecule has 9 nitrogen and oxygen atoms in total. The maximum atomic E-state index is 14.5. The summed E-state index contributed by atoms with van der Waals surface area (Å²) in [7, 11) is 4.70. The van der Waals surface area contributed by atoms with Crippen LogP contribution in [0.2, 0.25) is 0 Å². The molecule has 0 aliphatic heterocycles. The van der Waals surface area contributed by atoms with Crippen molar-refractivity contribution in [2.24, 2.45) is 0 Å². The summed E-state index contributed by atoms with van der Waals surface area (Å²) in [6.07, 6.45) is 0. The molecule has 0 amide bonds. The molecular weight excluding hydrogens is 558 g/mol. The highest BCUT2D eigenvalue weighted by atomic mass is 16.5. The Morgan fingerprint density at radius 3 is 1.20 bits per heavy atom. The molecule has 1 aliphatic rings. The molecule has 0 saturated heterocycles. The molecule has 0 aromatic heterocycles. The van der Waals surface area contributed by atoms with Crippen LogP contribution in [0.3, 0.4) is 0 Å². The summed E-state index contributed by atoms with van der Waals surface area (Å²) in [6.45, 7) is 0. The van der Waals surface area contributed by atoms with Gasteiger partial charge in [-0.15, -0.1) is 0 Å². The van der Waals surface area contributed by atoms with Crippen LogP contribution in [-0.2, 0) is 0 Å². The van der Waals surface area contributed by atoms with Crippen LogP contribution < -0.4 is 30.2 Å². The van der Waals surface area contributed by atoms with E-state index < -0.39 is 11.6 Å². The number of phenolic OH excluding ortho intramolecular Hbond substituents is 1. The molecular formula is C35H29N3O6. The Morgan fingerprint density at radius 2 is 0.818 bits per heavy atom. The molecule has 5 aromatic rings. The second kappa shape index (κ2) is 11.7. The Balaban J connectivity index is 1.51. The van der Waals surface area contributed by atoms with Gasteiger partial charge in [0.15, 0.2) is 11.6 Å². The number of ketones is 2. The third-order valence-electron chi connectivity index (χ3n) is 7.34. The number of hydrogen-bond acceptors (Lipinski definition) is 9. The molecule has 0 fully saturated rings. The average Bonchev–Trinajstić information content (AvgIpc) is 3.05. The summed E-state index contributed by atoms with van der Waals surface area (Å²) >= 11 is 0. The molecule has 6 rings (SSSR count). The third kappa shape index (κ3) is 5.22. The fourth-order valence-electron chi connectivity index (χ4n) is 5.26. The number of carbonyl (C=O) groups is 2. The lowest BCUT2D eigenvalue weighted by Crippen LogP contribution is -2.25. The van der Waals surface area contributed by atoms with Gasteiger partial charge in [0.25, 0.3) is 0 Å². The number of carbonyl (C=O) groups excluding carboxylic acids is 2. The average molecular weight is 588 g/mol. The van der Waals surface area contributed by atoms with E-state index in [-0.39, 0.29) is 28.0 Å². The lowest BCUT2D eigenvalue weighted by Gasteiger charge is -2.26. The van der Waals surface area contributed by atoms with E-state index in [9.17, 15) is 14.7 Å². The largest absolute Gasteiger partial charge is 0.507 e. The van der Waals surface area contributed by atoms with Crippen molar-refractivity contribution in [3.63, 3.8) is 0 Å². The first kappa shape index (κ1) is 28.2. The van der Waals surface area contributed by atoms with Gasteiger partial charge < -0.3 is 35.3 Å². The van der Waals surface area contributed by atoms with Crippen molar-refractivity contribution in [1.29, 1.82) is 0 Å². The van der Waals surface area contributed by atoms with Crippen LogP contribution in [0.15, 0.2) is 97.1 Å². The van der Waals surface area contributed by atoms with Crippen molar-refractivity contribution < 1.29 is 28.9 Å². The lowest BCUT2D eigenvalue weighted by molar-refractivity contribution is 0.0978. The molecule has 0 spiro atoms. The Bertz CT molecular complexity index is 1920. The molecule has 0 unspecified atom stereocenters. The van der Waals surface area contributed by atoms with Gasteiger partial charge in [0, 0.05) is 35.3 Å². The number of aromatic hydroxyl groups is 1. The number of phenols is 1. The Kier molecular flexibility index (Phi) is 7.51. The van der Waals surface area contributed by atoms with Crippen molar-refractivity contribution in [3.05, 3.63) is 119 Å². The molecule has 1 aliphatic carbocycles. The Hall–Kier alpha value is -5.96. The summed E-state index contributed by atoms with van der Waals surface area (Å²) in [5.74, 6) is 0.644. The molecule has 5 aromatic carbocycles. The normalized spacial score (nSPS) is 11.7. The van der Waals surface area contributed by atoms with Crippen molar-refractivity contribution in [2.75, 3.05) is 37.3 Å². The summed E-state index contributed by atoms with van der Waals surface area (Å²) in [5.41, 5.74) is 3.44. The van der Waals surface area contributed by atoms with Gasteiger partial charge in [0.1, 0.15) is 23.0 Å². The second-order valence-corrected chi connectivity index (χ2v) is 10.0. The monoisotopic (exact) mass is 587 g/mol. The van der Waals surface area contributed by atoms with Crippen LogP contribution >= 0.6 is 0 Å². The van der Waals surface area contributed by atoms with Crippen molar-refractivity contribution in [1.82, 2.24) is 0 Å². The minimum atomic E-state index is -0.499. The minimum Gasteiger partial charge on any atom is -0.507 e. The van der Waals surface area contributed by atoms with Crippen LogP contribution in [0, 0.1) is 0 Å². The third-order valence-corrected chi connectivity index (χ3v) is 7.34. The van der Waals surface area contributed by atoms with E-state index in [1.165, 1.54) is 6.07 Å². The quantitative estimate of drug-likeness (QED) is 0.128. The number of anilines is 6. The van der Waals surface area contributed by atoms with Crippen LogP contribution in [-0.4, -0.2) is 38.0 Å². The van der Waals surface area contributed by atoms with Gasteiger partial charge in [-0.25, -0.2) is 0 Å². The number of rotatable bonds is 9. The van der Waals surface area contributed by atoms with Gasteiger partial charge in [-0.3, -0.25) is 9.59 Å². The maximum absolute atomic E-state index is 14.5. The molecule has 0 atom stereocenters. The standard InChI is InChI=1S/C35H29N3O6/c1-42-23-10-4-7-20(17-23)36-26-13-14-27(37-21-8-5-11-24(18-21)43-2)31-30(26)34(40)32-28(15-16-29(39)33(32)35(31)41)38-22-9-6-12-25(19-22)44-3/h4-19,36-39H,1-3H3. The van der Waals surface area contributed by atoms with E-state index in [4.69, 9.17) is 14.2 Å². The first-order valence-electron chi connectivity index (χ1n) is 13.8. The van der Waals surface area contributed by atoms with E-state index in [0.29, 0.717) is 51.4 Å². The van der Waals surface area contributed by atoms with Gasteiger partial charge in [0.2, 0.25) is 0 Å². The molecule has 4 N–H and O–H groups in total. The number of nitrogens with one attached hydrogen (secondary N) is 3. The fraction of sp³-hybridized carbons (Fsp3) is 0.0857. The summed E-state index contributed by atoms with van der Waals surface area (Å²) in [6, 6.07) is 28.2. The van der Waals surface area contributed by atoms with E-state index in [1.807, 2.05) is 48.5 Å². The molecule has 0 radical (unpaired) electrons. The van der Waals surface area contributed by atoms with Gasteiger partial charge in [0.05, 0.1) is 60.6 Å². The van der Waals surface area contributed by atoms with E-state index in [0.717, 1.165) is 0 Å². The van der Waals surface area contributed by atoms with Gasteiger partial charge in [-0.05, 0) is 60.7 Å². The second-order valence-electron chi connectivity index (χ2n) is 10.0. The zero-order valence-electron chi connectivity index (χ0n) is 24.2. The maximum Gasteiger partial charge on any atom is 0.200 e. The molecule has 9 heteroatoms. The number of methoxy groups -OCH3 is 3. The first-order chi connectivity index (χ1) is 21.4. The summed E-state index contributed by atoms with van der Waals surface area (Å²) < 4.78 is 16.1. The van der Waals surface area contributed by atoms with Crippen molar-refractivity contribution >= 4 is 45.7 Å². The fourth-order valence-corrected chi connectivity index (χ4v) is 5.26. The van der Waals surface area contributed by atoms with E-state index in [2.05, 4.69) is 16.0 Å². The zero-order chi connectivity index (χ0) is 30.8. The van der Waals surface area contributed by atoms with Gasteiger partial charge in [-0.1, -0.05) is 18.2 Å². The van der Waals surface area contributed by atoms with Crippen LogP contribution in [0.25, 0.3) is 0 Å². The molecule has 0 bridgehead atoms. The molecule has 0 saturated carbocycles. The van der Waals surface area contributed by atoms with Gasteiger partial charge >= 0.3 is 0 Å². The smallest absolute Gasteiger partial charge is 0.200 e. The SMILES string of the molecule is COc1cccc(Nc2ccc(O)c3c2C(=O)c2c(Nc4cccc(OC)c4)ccc(Nc4cccc(OC)c4)c2C3=O)c1. The molecule has 44 heavy (non-hydrogen) atoms. The highest BCUT2D eigenvalue weighted by Gasteiger charge is 2.38. The number of fused-ring (bicyclic) bond motifs is 2. The van der Waals surface area contributed by atoms with Crippen LogP contribution in [0.4, 0.5) is 34.1 Å². The van der Waals surface area contributed by atoms with Crippen molar-refractivity contribution in [3.8, 4) is 23.0 Å². The topological polar surface area (TPSA) is 118 Å². The summed E-state index contributed by atoms with van der Waals surface area (Å²) in [5, 5.41) is 20.8. The van der Waals surface area contributed by atoms with E-state index in [1.54, 1.807) is 63.8 Å². The van der Waals surface area contributed by atoms with Gasteiger partial charge in [-0.2, -0.15) is 0 Å². The highest BCUT2D eigenvalue weighted by Crippen LogP contribution is 2.44. The minimum absolute atomic E-state index is 0.0672. The summed E-state index contributed by atoms with van der Waals surface area (Å²) in [4.78, 5) is 28.9. The lowest BCUT2D eigenvalue weighted by atomic mass is 9.80. The van der Waals surface area contributed by atoms with E-state index >= 15 is 0 Å². The molecule has 0 heterocycles. The Labute approximate surface area is 254 Å². The van der Waals surface area contributed by atoms with Crippen molar-refractivity contribution in [2.45, 2.75) is 0 Å². The number of hydrogen-bond donors (Lipinski definition) is 4. The predicted octanol–water partition coefficient (Wildman–Crippen LogP) is 7.42. The zero-order valence-corrected chi connectivity index (χ0v) is 24.2. The molecule has 220 valence electrons. The number of benzene rings is 5. The Morgan fingerprint density at radius 1 is 0.477 bits per heavy atom. The van der Waals surface area contributed by atoms with Crippen LogP contribution in [0.5, 0.6) is 23.0 Å².